The van der Waals surface area contributed by atoms with Gasteiger partial charge in [-0.15, -0.1) is 0 Å². The van der Waals surface area contributed by atoms with Gasteiger partial charge in [-0.2, -0.15) is 18.3 Å². The lowest BCUT2D eigenvalue weighted by Gasteiger charge is -2.12. The van der Waals surface area contributed by atoms with E-state index in [0.29, 0.717) is 0 Å². The highest BCUT2D eigenvalue weighted by Crippen LogP contribution is 2.36. The van der Waals surface area contributed by atoms with E-state index < -0.39 is 29.0 Å². The van der Waals surface area contributed by atoms with E-state index in [1.807, 2.05) is 0 Å². The van der Waals surface area contributed by atoms with Gasteiger partial charge in [0.05, 0.1) is 5.56 Å². The highest BCUT2D eigenvalue weighted by Gasteiger charge is 2.34. The smallest absolute Gasteiger partial charge is 0.419 e. The molecule has 0 radical (unpaired) electrons. The van der Waals surface area contributed by atoms with Crippen molar-refractivity contribution in [1.29, 1.82) is 0 Å². The molecule has 0 aliphatic heterocycles. The number of para-hydroxylation sites is 1. The topological polar surface area (TPSA) is 61.2 Å². The fourth-order valence-electron chi connectivity index (χ4n) is 1.55. The molecular weight excluding hydrogens is 289 g/mol. The van der Waals surface area contributed by atoms with Crippen LogP contribution in [0.5, 0.6) is 5.75 Å². The van der Waals surface area contributed by atoms with E-state index in [9.17, 15) is 22.8 Å². The first kappa shape index (κ1) is 14.8. The molecule has 8 heteroatoms. The second kappa shape index (κ2) is 5.39. The normalized spacial score (nSPS) is 11.2. The van der Waals surface area contributed by atoms with Crippen LogP contribution in [0.15, 0.2) is 41.2 Å². The van der Waals surface area contributed by atoms with Crippen LogP contribution >= 0.6 is 0 Å². The predicted molar refractivity (Wildman–Crippen MR) is 65.9 cm³/mol. The van der Waals surface area contributed by atoms with Crippen LogP contribution in [0.1, 0.15) is 16.1 Å². The first-order chi connectivity index (χ1) is 9.79. The Bertz CT molecular complexity index is 738. The fourth-order valence-corrected chi connectivity index (χ4v) is 1.55. The second-order valence-corrected chi connectivity index (χ2v) is 4.06. The zero-order valence-electron chi connectivity index (χ0n) is 10.7. The summed E-state index contributed by atoms with van der Waals surface area (Å²) >= 11 is 0. The third kappa shape index (κ3) is 3.28. The Kier molecular flexibility index (Phi) is 3.79. The van der Waals surface area contributed by atoms with Crippen LogP contribution in [0.4, 0.5) is 13.2 Å². The Hall–Kier alpha value is -2.64. The lowest BCUT2D eigenvalue weighted by molar-refractivity contribution is -0.138. The molecule has 0 saturated carbocycles. The maximum absolute atomic E-state index is 12.8. The van der Waals surface area contributed by atoms with Crippen LogP contribution in [-0.2, 0) is 13.2 Å². The number of aromatic nitrogens is 2. The minimum atomic E-state index is -4.64. The number of alkyl halides is 3. The van der Waals surface area contributed by atoms with Gasteiger partial charge >= 0.3 is 12.1 Å². The van der Waals surface area contributed by atoms with E-state index in [4.69, 9.17) is 4.74 Å². The van der Waals surface area contributed by atoms with E-state index in [1.165, 1.54) is 19.2 Å². The summed E-state index contributed by atoms with van der Waals surface area (Å²) in [5.74, 6) is -1.70. The SMILES string of the molecule is Cn1nc(C(=O)Oc2ccccc2C(F)(F)F)ccc1=O. The summed E-state index contributed by atoms with van der Waals surface area (Å²) in [5.41, 5.74) is -1.79. The van der Waals surface area contributed by atoms with Gasteiger partial charge in [-0.05, 0) is 18.2 Å². The first-order valence-corrected chi connectivity index (χ1v) is 5.72. The number of hydrogen-bond donors (Lipinski definition) is 0. The van der Waals surface area contributed by atoms with Gasteiger partial charge in [-0.25, -0.2) is 9.48 Å². The molecule has 0 N–H and O–H groups in total. The zero-order valence-corrected chi connectivity index (χ0v) is 10.7. The van der Waals surface area contributed by atoms with Crippen LogP contribution in [0.2, 0.25) is 0 Å². The van der Waals surface area contributed by atoms with Gasteiger partial charge in [0.1, 0.15) is 5.75 Å². The van der Waals surface area contributed by atoms with Crippen molar-refractivity contribution in [3.63, 3.8) is 0 Å². The van der Waals surface area contributed by atoms with Crippen LogP contribution in [0.25, 0.3) is 0 Å². The van der Waals surface area contributed by atoms with Gasteiger partial charge in [0.2, 0.25) is 0 Å². The van der Waals surface area contributed by atoms with E-state index in [1.54, 1.807) is 0 Å². The van der Waals surface area contributed by atoms with Gasteiger partial charge < -0.3 is 4.74 Å². The van der Waals surface area contributed by atoms with Crippen molar-refractivity contribution in [1.82, 2.24) is 9.78 Å². The molecule has 2 aromatic rings. The molecule has 1 aromatic carbocycles. The maximum Gasteiger partial charge on any atom is 0.419 e. The molecular formula is C13H9F3N2O3. The van der Waals surface area contributed by atoms with Gasteiger partial charge in [-0.3, -0.25) is 4.79 Å². The molecule has 21 heavy (non-hydrogen) atoms. The van der Waals surface area contributed by atoms with Crippen LogP contribution in [0.3, 0.4) is 0 Å². The number of aryl methyl sites for hydroxylation is 1. The van der Waals surface area contributed by atoms with Gasteiger partial charge in [0.15, 0.2) is 5.69 Å². The molecule has 0 saturated heterocycles. The molecule has 0 spiro atoms. The molecule has 0 bridgehead atoms. The highest BCUT2D eigenvalue weighted by molar-refractivity contribution is 5.88. The molecule has 0 amide bonds. The molecule has 0 aliphatic carbocycles. The maximum atomic E-state index is 12.8. The number of ether oxygens (including phenoxy) is 1. The largest absolute Gasteiger partial charge is 0.421 e. The van der Waals surface area contributed by atoms with Gasteiger partial charge in [0.25, 0.3) is 5.56 Å². The first-order valence-electron chi connectivity index (χ1n) is 5.72. The summed E-state index contributed by atoms with van der Waals surface area (Å²) in [6.45, 7) is 0. The molecule has 0 atom stereocenters. The second-order valence-electron chi connectivity index (χ2n) is 4.06. The average molecular weight is 298 g/mol. The lowest BCUT2D eigenvalue weighted by atomic mass is 10.2. The van der Waals surface area contributed by atoms with Crippen molar-refractivity contribution >= 4 is 5.97 Å². The van der Waals surface area contributed by atoms with Crippen LogP contribution in [-0.4, -0.2) is 15.7 Å². The van der Waals surface area contributed by atoms with Crippen molar-refractivity contribution in [2.45, 2.75) is 6.18 Å². The molecule has 1 heterocycles. The minimum absolute atomic E-state index is 0.269. The van der Waals surface area contributed by atoms with E-state index in [2.05, 4.69) is 5.10 Å². The Morgan fingerprint density at radius 3 is 2.48 bits per heavy atom. The summed E-state index contributed by atoms with van der Waals surface area (Å²) in [4.78, 5) is 22.9. The third-order valence-electron chi connectivity index (χ3n) is 2.56. The van der Waals surface area contributed by atoms with Crippen LogP contribution in [0, 0.1) is 0 Å². The molecule has 2 rings (SSSR count). The fraction of sp³-hybridized carbons (Fsp3) is 0.154. The number of carbonyl (C=O) groups is 1. The molecule has 0 fully saturated rings. The number of nitrogens with zero attached hydrogens (tertiary/aromatic N) is 2. The molecule has 0 aliphatic rings. The average Bonchev–Trinajstić information content (AvgIpc) is 2.41. The Labute approximate surface area is 116 Å². The summed E-state index contributed by atoms with van der Waals surface area (Å²) < 4.78 is 43.9. The number of esters is 1. The molecule has 1 aromatic heterocycles. The minimum Gasteiger partial charge on any atom is -0.421 e. The summed E-state index contributed by atoms with van der Waals surface area (Å²) in [7, 11) is 1.31. The van der Waals surface area contributed by atoms with Crippen molar-refractivity contribution in [3.05, 3.63) is 58.0 Å². The quantitative estimate of drug-likeness (QED) is 0.628. The Morgan fingerprint density at radius 1 is 1.19 bits per heavy atom. The van der Waals surface area contributed by atoms with Crippen molar-refractivity contribution in [3.8, 4) is 5.75 Å². The molecule has 5 nitrogen and oxygen atoms in total. The van der Waals surface area contributed by atoms with Gasteiger partial charge in [-0.1, -0.05) is 12.1 Å². The van der Waals surface area contributed by atoms with Crippen molar-refractivity contribution < 1.29 is 22.7 Å². The monoisotopic (exact) mass is 298 g/mol. The Morgan fingerprint density at radius 2 is 1.86 bits per heavy atom. The molecule has 110 valence electrons. The van der Waals surface area contributed by atoms with Gasteiger partial charge in [0, 0.05) is 13.1 Å². The van der Waals surface area contributed by atoms with Crippen molar-refractivity contribution in [2.24, 2.45) is 7.05 Å². The standard InChI is InChI=1S/C13H9F3N2O3/c1-18-11(19)7-6-9(17-18)12(20)21-10-5-3-2-4-8(10)13(14,15)16/h2-7H,1H3. The summed E-state index contributed by atoms with van der Waals surface area (Å²) in [6.07, 6.45) is -4.64. The number of carbonyl (C=O) groups excluding carboxylic acids is 1. The number of rotatable bonds is 2. The number of hydrogen-bond acceptors (Lipinski definition) is 4. The van der Waals surface area contributed by atoms with E-state index >= 15 is 0 Å². The Balaban J connectivity index is 2.32. The van der Waals surface area contributed by atoms with Crippen LogP contribution < -0.4 is 10.3 Å². The summed E-state index contributed by atoms with van der Waals surface area (Å²) in [6, 6.07) is 6.48. The van der Waals surface area contributed by atoms with Crippen molar-refractivity contribution in [2.75, 3.05) is 0 Å². The summed E-state index contributed by atoms with van der Waals surface area (Å²) in [5, 5.41) is 3.61. The number of benzene rings is 1. The van der Waals surface area contributed by atoms with E-state index in [-0.39, 0.29) is 5.69 Å². The predicted octanol–water partition coefficient (Wildman–Crippen LogP) is 2.02. The zero-order chi connectivity index (χ0) is 15.6. The lowest BCUT2D eigenvalue weighted by Crippen LogP contribution is -2.23. The highest BCUT2D eigenvalue weighted by atomic mass is 19.4. The van der Waals surface area contributed by atoms with E-state index in [0.717, 1.165) is 28.9 Å². The molecule has 0 unspecified atom stereocenters. The number of halogens is 3. The third-order valence-corrected chi connectivity index (χ3v) is 2.56.